The summed E-state index contributed by atoms with van der Waals surface area (Å²) in [6.07, 6.45) is 7.71. The Morgan fingerprint density at radius 2 is 0.473 bits per heavy atom. The number of nitrogens with zero attached hydrogens (tertiary/aromatic N) is 6. The molecule has 10 aromatic carbocycles. The van der Waals surface area contributed by atoms with Crippen molar-refractivity contribution in [2.45, 2.75) is 0 Å². The Bertz CT molecular complexity index is 3350. The quantitative estimate of drug-likeness (QED) is 0.0982. The minimum Gasteiger partial charge on any atom is -0.485 e. The van der Waals surface area contributed by atoms with Gasteiger partial charge in [0.2, 0.25) is 0 Å². The van der Waals surface area contributed by atoms with E-state index < -0.39 is 0 Å². The molecule has 0 atom stereocenters. The summed E-state index contributed by atoms with van der Waals surface area (Å²) in [6.45, 7) is 9.89. The Morgan fingerprint density at radius 3 is 0.689 bits per heavy atom. The molecule has 6 nitrogen and oxygen atoms in total. The largest absolute Gasteiger partial charge is 2.00 e. The van der Waals surface area contributed by atoms with Crippen molar-refractivity contribution >= 4 is 112 Å². The van der Waals surface area contributed by atoms with Crippen LogP contribution in [0.15, 0.2) is 277 Å². The minimum absolute atomic E-state index is 0. The monoisotopic (exact) mass is 1290 g/mol. The fourth-order valence-corrected chi connectivity index (χ4v) is 8.16. The third-order valence-electron chi connectivity index (χ3n) is 11.7. The molecule has 0 aliphatic carbocycles. The van der Waals surface area contributed by atoms with E-state index in [1.54, 1.807) is 24.3 Å². The number of benzene rings is 10. The summed E-state index contributed by atoms with van der Waals surface area (Å²) in [4.78, 5) is 24.5. The molecule has 0 amide bonds. The van der Waals surface area contributed by atoms with E-state index in [9.17, 15) is 0 Å². The van der Waals surface area contributed by atoms with Gasteiger partial charge in [0.05, 0.1) is 22.1 Å². The van der Waals surface area contributed by atoms with Gasteiger partial charge in [0.25, 0.3) is 0 Å². The van der Waals surface area contributed by atoms with E-state index >= 15 is 0 Å². The first kappa shape index (κ1) is 53.4. The van der Waals surface area contributed by atoms with Gasteiger partial charge in [-0.3, -0.25) is 32.1 Å². The average molecular weight is 1290 g/mol. The predicted molar refractivity (Wildman–Crippen MR) is 304 cm³/mol. The van der Waals surface area contributed by atoms with Crippen LogP contribution in [-0.4, -0.2) is 33.4 Å². The number of pyridine rings is 4. The maximum absolute atomic E-state index is 4.94. The zero-order valence-electron chi connectivity index (χ0n) is 40.1. The Morgan fingerprint density at radius 1 is 0.257 bits per heavy atom. The first-order valence-electron chi connectivity index (χ1n) is 23.3. The maximum atomic E-state index is 4.94. The third kappa shape index (κ3) is 13.6. The van der Waals surface area contributed by atoms with Gasteiger partial charge in [-0.1, -0.05) is 170 Å². The zero-order valence-corrected chi connectivity index (χ0v) is 45.9. The molecule has 0 N–H and O–H groups in total. The molecule has 0 unspecified atom stereocenters. The van der Waals surface area contributed by atoms with Crippen molar-refractivity contribution < 1.29 is 42.1 Å². The third-order valence-corrected chi connectivity index (χ3v) is 11.7. The number of hydrogen-bond acceptors (Lipinski definition) is 6. The van der Waals surface area contributed by atoms with Crippen LogP contribution in [0.2, 0.25) is 0 Å². The van der Waals surface area contributed by atoms with Gasteiger partial charge in [-0.2, -0.15) is 49.8 Å². The van der Waals surface area contributed by atoms with Crippen LogP contribution in [-0.2, 0) is 42.1 Å². The van der Waals surface area contributed by atoms with E-state index in [0.717, 1.165) is 22.1 Å². The van der Waals surface area contributed by atoms with Crippen molar-refractivity contribution in [3.8, 4) is 0 Å². The minimum atomic E-state index is 0. The van der Waals surface area contributed by atoms with Gasteiger partial charge in [-0.25, -0.2) is 23.5 Å². The van der Waals surface area contributed by atoms with Crippen molar-refractivity contribution in [3.05, 3.63) is 280 Å². The van der Waals surface area contributed by atoms with E-state index in [1.165, 1.54) is 64.6 Å². The van der Waals surface area contributed by atoms with Crippen LogP contribution in [0, 0.1) is 12.1 Å². The van der Waals surface area contributed by atoms with Crippen molar-refractivity contribution in [1.29, 1.82) is 0 Å². The molecule has 4 aromatic heterocycles. The van der Waals surface area contributed by atoms with Gasteiger partial charge in [-0.05, 0) is 45.8 Å². The second-order valence-electron chi connectivity index (χ2n) is 16.2. The topological polar surface area (TPSA) is 76.3 Å². The number of fused-ring (bicyclic) bond motifs is 12. The van der Waals surface area contributed by atoms with Crippen LogP contribution in [0.3, 0.4) is 0 Å². The Balaban J connectivity index is 0.000000131. The van der Waals surface area contributed by atoms with Gasteiger partial charge < -0.3 is 9.98 Å². The molecule has 74 heavy (non-hydrogen) atoms. The first-order valence-corrected chi connectivity index (χ1v) is 23.3. The van der Waals surface area contributed by atoms with E-state index in [4.69, 9.17) is 13.4 Å². The second kappa shape index (κ2) is 27.4. The van der Waals surface area contributed by atoms with Crippen LogP contribution in [0.4, 0.5) is 11.4 Å². The molecule has 352 valence electrons. The molecular formula is C66H46N6W2. The van der Waals surface area contributed by atoms with E-state index in [2.05, 4.69) is 163 Å². The van der Waals surface area contributed by atoms with Gasteiger partial charge in [0, 0.05) is 67.9 Å². The molecule has 0 radical (unpaired) electrons. The number of rotatable bonds is 2. The Hall–Kier alpha value is -8.40. The molecule has 14 aromatic rings. The van der Waals surface area contributed by atoms with E-state index in [0.29, 0.717) is 11.4 Å². The molecule has 0 aliphatic rings. The summed E-state index contributed by atoms with van der Waals surface area (Å²) in [5.41, 5.74) is 5.62. The van der Waals surface area contributed by atoms with Crippen LogP contribution in [0.25, 0.3) is 86.7 Å². The molecule has 0 spiro atoms. The van der Waals surface area contributed by atoms with Crippen LogP contribution < -0.4 is 0 Å². The van der Waals surface area contributed by atoms with Crippen molar-refractivity contribution in [2.24, 2.45) is 9.98 Å². The van der Waals surface area contributed by atoms with Crippen LogP contribution in [0.5, 0.6) is 0 Å². The summed E-state index contributed by atoms with van der Waals surface area (Å²) in [5.74, 6) is 0. The molecule has 0 fully saturated rings. The molecule has 14 rings (SSSR count). The summed E-state index contributed by atoms with van der Waals surface area (Å²) in [7, 11) is 0. The van der Waals surface area contributed by atoms with E-state index in [1.807, 2.05) is 122 Å². The fourth-order valence-electron chi connectivity index (χ4n) is 8.16. The molecule has 8 heteroatoms. The van der Waals surface area contributed by atoms with Crippen molar-refractivity contribution in [1.82, 2.24) is 19.9 Å². The molecule has 0 bridgehead atoms. The Labute approximate surface area is 459 Å². The normalized spacial score (nSPS) is 10.1. The standard InChI is InChI=1S/4C13H9N.2C7H5N.2W/c4*1-2-6-11-10(5-1)9-14-13-8-4-3-7-12(11)13;2*1-8-7-5-3-2-4-6-7;;/h4*1-9H;2*1-5H;;/q;;;;2*-2;2*+2. The fraction of sp³-hybridized carbons (Fsp3) is 0. The van der Waals surface area contributed by atoms with Gasteiger partial charge in [-0.15, -0.1) is 0 Å². The Kier molecular flexibility index (Phi) is 19.8. The number of para-hydroxylation sites is 6. The molecule has 4 heterocycles. The number of aromatic nitrogens is 4. The van der Waals surface area contributed by atoms with Gasteiger partial charge in [0.15, 0.2) is 0 Å². The molecular weight excluding hydrogens is 1240 g/mol. The smallest absolute Gasteiger partial charge is 0.485 e. The van der Waals surface area contributed by atoms with Crippen molar-refractivity contribution in [2.75, 3.05) is 0 Å². The van der Waals surface area contributed by atoms with E-state index in [-0.39, 0.29) is 42.1 Å². The molecule has 0 aliphatic heterocycles. The summed E-state index contributed by atoms with van der Waals surface area (Å²) in [6, 6.07) is 86.5. The first-order chi connectivity index (χ1) is 35.7. The second-order valence-corrected chi connectivity index (χ2v) is 16.2. The zero-order chi connectivity index (χ0) is 49.2. The number of aliphatic imine (C=N–C) groups is 2. The molecule has 0 saturated heterocycles. The summed E-state index contributed by atoms with van der Waals surface area (Å²) < 4.78 is 0. The van der Waals surface area contributed by atoms with Gasteiger partial charge >= 0.3 is 42.1 Å². The number of hydrogen-bond donors (Lipinski definition) is 0. The predicted octanol–water partition coefficient (Wildman–Crippen LogP) is 16.9. The summed E-state index contributed by atoms with van der Waals surface area (Å²) in [5, 5.41) is 14.8. The molecule has 0 saturated carbocycles. The average Bonchev–Trinajstić information content (AvgIpc) is 3.48. The van der Waals surface area contributed by atoms with Gasteiger partial charge in [0.1, 0.15) is 0 Å². The SMILES string of the molecule is [CH-]=Nc1[c-]cccc1.[CH-]=Nc1[c-]cccc1.[W+2].[W+2].c1ccc2c(c1)cnc1ccccc12.c1ccc2c(c1)cnc1ccccc12.c1ccc2c(c1)cnc1ccccc12.c1ccc2c(c1)cnc1ccccc12. The van der Waals surface area contributed by atoms with Crippen molar-refractivity contribution in [3.63, 3.8) is 0 Å². The van der Waals surface area contributed by atoms with Crippen LogP contribution >= 0.6 is 0 Å². The summed E-state index contributed by atoms with van der Waals surface area (Å²) >= 11 is 0. The maximum Gasteiger partial charge on any atom is 2.00 e. The van der Waals surface area contributed by atoms with Crippen LogP contribution in [0.1, 0.15) is 0 Å².